The van der Waals surface area contributed by atoms with Gasteiger partial charge in [-0.15, -0.1) is 11.6 Å². The van der Waals surface area contributed by atoms with Gasteiger partial charge in [-0.3, -0.25) is 9.59 Å². The molecule has 2 aliphatic rings. The van der Waals surface area contributed by atoms with Gasteiger partial charge >= 0.3 is 12.1 Å². The maximum Gasteiger partial charge on any atom is 0.421 e. The van der Waals surface area contributed by atoms with Gasteiger partial charge in [0, 0.05) is 0 Å². The Morgan fingerprint density at radius 3 is 2.76 bits per heavy atom. The van der Waals surface area contributed by atoms with Crippen LogP contribution in [0.3, 0.4) is 0 Å². The number of ether oxygens (including phenoxy) is 2. The Hall–Kier alpha value is -2.34. The van der Waals surface area contributed by atoms with Gasteiger partial charge in [-0.2, -0.15) is 0 Å². The summed E-state index contributed by atoms with van der Waals surface area (Å²) in [5.74, 6) is -2.05. The van der Waals surface area contributed by atoms with Crippen molar-refractivity contribution in [1.82, 2.24) is 0 Å². The molecule has 2 amide bonds. The lowest BCUT2D eigenvalue weighted by Gasteiger charge is -2.39. The molecule has 1 aromatic rings. The van der Waals surface area contributed by atoms with Crippen LogP contribution in [0.5, 0.6) is 0 Å². The van der Waals surface area contributed by atoms with Gasteiger partial charge in [-0.05, 0) is 25.0 Å². The summed E-state index contributed by atoms with van der Waals surface area (Å²) in [6.07, 6.45) is 3.01. The van der Waals surface area contributed by atoms with E-state index in [1.54, 1.807) is 43.3 Å². The van der Waals surface area contributed by atoms with Gasteiger partial charge in [-0.1, -0.05) is 30.4 Å². The summed E-state index contributed by atoms with van der Waals surface area (Å²) in [5, 5.41) is -0.699. The molecule has 7 heteroatoms. The number of halogens is 1. The van der Waals surface area contributed by atoms with E-state index in [0.717, 1.165) is 4.90 Å². The second-order valence-corrected chi connectivity index (χ2v) is 6.38. The van der Waals surface area contributed by atoms with Crippen LogP contribution in [0.2, 0.25) is 0 Å². The number of anilines is 1. The Balaban J connectivity index is 2.24. The van der Waals surface area contributed by atoms with E-state index in [1.165, 1.54) is 7.11 Å². The van der Waals surface area contributed by atoms with Crippen LogP contribution >= 0.6 is 11.6 Å². The highest BCUT2D eigenvalue weighted by atomic mass is 35.5. The number of fused-ring (bicyclic) bond motifs is 2. The van der Waals surface area contributed by atoms with Gasteiger partial charge in [0.05, 0.1) is 30.7 Å². The second kappa shape index (κ2) is 6.52. The molecule has 1 aliphatic carbocycles. The minimum absolute atomic E-state index is 0.127. The maximum atomic E-state index is 13.4. The van der Waals surface area contributed by atoms with Crippen molar-refractivity contribution in [3.05, 3.63) is 42.0 Å². The SMILES string of the molecule is CCOC(=O)N1C(=O)[C@@]2(c3ccccc31)[C@@H](Cl)CC=C[C@H]2C(=O)OC. The third-order valence-corrected chi connectivity index (χ3v) is 5.23. The minimum atomic E-state index is -1.40. The molecule has 6 nitrogen and oxygen atoms in total. The van der Waals surface area contributed by atoms with E-state index in [1.807, 2.05) is 0 Å². The van der Waals surface area contributed by atoms with E-state index in [4.69, 9.17) is 21.1 Å². The fourth-order valence-electron chi connectivity index (χ4n) is 3.66. The number of carbonyl (C=O) groups is 3. The first kappa shape index (κ1) is 17.5. The number of imide groups is 1. The molecule has 0 aromatic heterocycles. The first-order chi connectivity index (χ1) is 12.0. The Labute approximate surface area is 150 Å². The van der Waals surface area contributed by atoms with Gasteiger partial charge < -0.3 is 9.47 Å². The number of hydrogen-bond donors (Lipinski definition) is 0. The van der Waals surface area contributed by atoms with Crippen LogP contribution in [0.15, 0.2) is 36.4 Å². The molecule has 1 aliphatic heterocycles. The van der Waals surface area contributed by atoms with Crippen molar-refractivity contribution in [1.29, 1.82) is 0 Å². The van der Waals surface area contributed by atoms with Crippen molar-refractivity contribution in [3.63, 3.8) is 0 Å². The highest BCUT2D eigenvalue weighted by Crippen LogP contribution is 2.53. The molecule has 0 N–H and O–H groups in total. The normalized spacial score (nSPS) is 27.3. The zero-order chi connectivity index (χ0) is 18.2. The average molecular weight is 364 g/mol. The molecule has 0 saturated heterocycles. The molecule has 0 fully saturated rings. The summed E-state index contributed by atoms with van der Waals surface area (Å²) in [5.41, 5.74) is -0.471. The van der Waals surface area contributed by atoms with Crippen LogP contribution in [0, 0.1) is 5.92 Å². The van der Waals surface area contributed by atoms with Gasteiger partial charge in [0.1, 0.15) is 5.41 Å². The topological polar surface area (TPSA) is 72.9 Å². The van der Waals surface area contributed by atoms with E-state index < -0.39 is 34.7 Å². The van der Waals surface area contributed by atoms with Crippen molar-refractivity contribution < 1.29 is 23.9 Å². The predicted molar refractivity (Wildman–Crippen MR) is 91.5 cm³/mol. The smallest absolute Gasteiger partial charge is 0.421 e. The largest absolute Gasteiger partial charge is 0.469 e. The fourth-order valence-corrected chi connectivity index (χ4v) is 4.11. The monoisotopic (exact) mass is 363 g/mol. The Bertz CT molecular complexity index is 762. The van der Waals surface area contributed by atoms with E-state index >= 15 is 0 Å². The zero-order valence-electron chi connectivity index (χ0n) is 13.9. The van der Waals surface area contributed by atoms with Gasteiger partial charge in [0.25, 0.3) is 0 Å². The lowest BCUT2D eigenvalue weighted by molar-refractivity contribution is -0.149. The summed E-state index contributed by atoms with van der Waals surface area (Å²) < 4.78 is 9.93. The average Bonchev–Trinajstić information content (AvgIpc) is 2.87. The van der Waals surface area contributed by atoms with Crippen LogP contribution in [-0.2, 0) is 24.5 Å². The lowest BCUT2D eigenvalue weighted by Crippen LogP contribution is -2.55. The molecule has 1 heterocycles. The zero-order valence-corrected chi connectivity index (χ0v) is 14.7. The predicted octanol–water partition coefficient (Wildman–Crippen LogP) is 2.78. The molecule has 3 rings (SSSR count). The standard InChI is InChI=1S/C18H18ClNO5/c1-3-25-17(23)20-13-9-5-4-7-11(13)18(16(20)22)12(15(21)24-2)8-6-10-14(18)19/h4-9,12,14H,3,10H2,1-2H3/t12-,14-,18+/m0/s1. The first-order valence-corrected chi connectivity index (χ1v) is 8.43. The van der Waals surface area contributed by atoms with E-state index in [-0.39, 0.29) is 6.61 Å². The van der Waals surface area contributed by atoms with Crippen molar-refractivity contribution in [3.8, 4) is 0 Å². The van der Waals surface area contributed by atoms with Crippen LogP contribution in [-0.4, -0.2) is 37.1 Å². The number of nitrogens with zero attached hydrogens (tertiary/aromatic N) is 1. The number of hydrogen-bond acceptors (Lipinski definition) is 5. The second-order valence-electron chi connectivity index (χ2n) is 5.86. The van der Waals surface area contributed by atoms with Crippen molar-refractivity contribution >= 4 is 35.3 Å². The van der Waals surface area contributed by atoms with E-state index in [0.29, 0.717) is 17.7 Å². The van der Waals surface area contributed by atoms with E-state index in [9.17, 15) is 14.4 Å². The van der Waals surface area contributed by atoms with Crippen molar-refractivity contribution in [2.75, 3.05) is 18.6 Å². The number of benzene rings is 1. The Morgan fingerprint density at radius 1 is 1.36 bits per heavy atom. The molecule has 3 atom stereocenters. The minimum Gasteiger partial charge on any atom is -0.469 e. The lowest BCUT2D eigenvalue weighted by atomic mass is 9.65. The number of carbonyl (C=O) groups excluding carboxylic acids is 3. The summed E-state index contributed by atoms with van der Waals surface area (Å²) in [7, 11) is 1.26. The number of esters is 1. The molecule has 0 unspecified atom stereocenters. The van der Waals surface area contributed by atoms with Crippen molar-refractivity contribution in [2.24, 2.45) is 5.92 Å². The van der Waals surface area contributed by atoms with Crippen LogP contribution in [0.25, 0.3) is 0 Å². The Morgan fingerprint density at radius 2 is 2.08 bits per heavy atom. The number of amides is 2. The quantitative estimate of drug-likeness (QED) is 0.459. The first-order valence-electron chi connectivity index (χ1n) is 7.99. The molecule has 1 spiro atoms. The molecule has 1 aromatic carbocycles. The fraction of sp³-hybridized carbons (Fsp3) is 0.389. The Kier molecular flexibility index (Phi) is 4.56. The number of methoxy groups -OCH3 is 1. The van der Waals surface area contributed by atoms with Crippen LogP contribution in [0.4, 0.5) is 10.5 Å². The van der Waals surface area contributed by atoms with Gasteiger partial charge in [-0.25, -0.2) is 9.69 Å². The molecule has 0 saturated carbocycles. The molecular formula is C18H18ClNO5. The molecule has 25 heavy (non-hydrogen) atoms. The van der Waals surface area contributed by atoms with Crippen molar-refractivity contribution in [2.45, 2.75) is 24.1 Å². The number of rotatable bonds is 2. The van der Waals surface area contributed by atoms with Crippen LogP contribution < -0.4 is 4.90 Å². The molecule has 0 bridgehead atoms. The molecule has 0 radical (unpaired) electrons. The van der Waals surface area contributed by atoms with Gasteiger partial charge in [0.15, 0.2) is 0 Å². The number of alkyl halides is 1. The summed E-state index contributed by atoms with van der Waals surface area (Å²) in [6, 6.07) is 6.83. The third kappa shape index (κ3) is 2.35. The number of allylic oxidation sites excluding steroid dienone is 1. The summed E-state index contributed by atoms with van der Waals surface area (Å²) >= 11 is 6.59. The summed E-state index contributed by atoms with van der Waals surface area (Å²) in [4.78, 5) is 39.2. The molecular weight excluding hydrogens is 346 g/mol. The maximum absolute atomic E-state index is 13.4. The highest BCUT2D eigenvalue weighted by Gasteiger charge is 2.63. The van der Waals surface area contributed by atoms with Gasteiger partial charge in [0.2, 0.25) is 5.91 Å². The van der Waals surface area contributed by atoms with E-state index in [2.05, 4.69) is 0 Å². The molecule has 132 valence electrons. The summed E-state index contributed by atoms with van der Waals surface area (Å²) in [6.45, 7) is 1.79. The highest BCUT2D eigenvalue weighted by molar-refractivity contribution is 6.30. The number of para-hydroxylation sites is 1. The third-order valence-electron chi connectivity index (χ3n) is 4.71. The van der Waals surface area contributed by atoms with Crippen LogP contribution in [0.1, 0.15) is 18.9 Å².